The first kappa shape index (κ1) is 17.0. The zero-order chi connectivity index (χ0) is 16.9. The SMILES string of the molecule is O=C(C[C@H]1CC[C@@H](c2ccccc2)CC1)Nc1ccc(Cl)c(F)c1. The number of benzene rings is 2. The van der Waals surface area contributed by atoms with Crippen LogP contribution in [0.3, 0.4) is 0 Å². The predicted molar refractivity (Wildman–Crippen MR) is 95.8 cm³/mol. The fourth-order valence-corrected chi connectivity index (χ4v) is 3.59. The van der Waals surface area contributed by atoms with Crippen molar-refractivity contribution in [3.8, 4) is 0 Å². The molecular weight excluding hydrogens is 325 g/mol. The number of halogens is 2. The lowest BCUT2D eigenvalue weighted by Gasteiger charge is -2.28. The van der Waals surface area contributed by atoms with Crippen LogP contribution in [0.25, 0.3) is 0 Å². The predicted octanol–water partition coefficient (Wildman–Crippen LogP) is 5.78. The molecule has 1 amide bonds. The van der Waals surface area contributed by atoms with E-state index >= 15 is 0 Å². The zero-order valence-electron chi connectivity index (χ0n) is 13.5. The molecule has 0 heterocycles. The van der Waals surface area contributed by atoms with E-state index < -0.39 is 5.82 Å². The Bertz CT molecular complexity index is 696. The Balaban J connectivity index is 1.49. The fourth-order valence-electron chi connectivity index (χ4n) is 3.47. The quantitative estimate of drug-likeness (QED) is 0.747. The first-order valence-electron chi connectivity index (χ1n) is 8.41. The van der Waals surface area contributed by atoms with E-state index in [4.69, 9.17) is 11.6 Å². The lowest BCUT2D eigenvalue weighted by Crippen LogP contribution is -2.20. The third-order valence-corrected chi connectivity index (χ3v) is 5.10. The Morgan fingerprint density at radius 2 is 1.79 bits per heavy atom. The molecule has 1 aliphatic carbocycles. The summed E-state index contributed by atoms with van der Waals surface area (Å²) in [7, 11) is 0. The van der Waals surface area contributed by atoms with E-state index in [1.54, 1.807) is 6.07 Å². The molecular formula is C20H21ClFNO. The van der Waals surface area contributed by atoms with Gasteiger partial charge in [0.2, 0.25) is 5.91 Å². The minimum Gasteiger partial charge on any atom is -0.326 e. The van der Waals surface area contributed by atoms with Crippen LogP contribution in [-0.2, 0) is 4.79 Å². The topological polar surface area (TPSA) is 29.1 Å². The van der Waals surface area contributed by atoms with Crippen molar-refractivity contribution in [3.63, 3.8) is 0 Å². The van der Waals surface area contributed by atoms with Crippen LogP contribution in [0, 0.1) is 11.7 Å². The number of hydrogen-bond acceptors (Lipinski definition) is 1. The van der Waals surface area contributed by atoms with Gasteiger partial charge in [0.25, 0.3) is 0 Å². The molecule has 1 saturated carbocycles. The molecule has 0 spiro atoms. The van der Waals surface area contributed by atoms with Gasteiger partial charge in [-0.3, -0.25) is 4.79 Å². The molecule has 2 aromatic carbocycles. The van der Waals surface area contributed by atoms with Crippen molar-refractivity contribution in [1.29, 1.82) is 0 Å². The van der Waals surface area contributed by atoms with Gasteiger partial charge in [0.05, 0.1) is 5.02 Å². The molecule has 0 radical (unpaired) electrons. The van der Waals surface area contributed by atoms with E-state index in [0.717, 1.165) is 25.7 Å². The van der Waals surface area contributed by atoms with Crippen molar-refractivity contribution in [3.05, 3.63) is 64.9 Å². The standard InChI is InChI=1S/C20H21ClFNO/c21-18-11-10-17(13-19(18)22)23-20(24)12-14-6-8-16(9-7-14)15-4-2-1-3-5-15/h1-5,10-11,13-14,16H,6-9,12H2,(H,23,24)/t14-,16+. The van der Waals surface area contributed by atoms with Crippen molar-refractivity contribution in [2.45, 2.75) is 38.0 Å². The largest absolute Gasteiger partial charge is 0.326 e. The summed E-state index contributed by atoms with van der Waals surface area (Å²) in [4.78, 5) is 12.2. The number of carbonyl (C=O) groups excluding carboxylic acids is 1. The van der Waals surface area contributed by atoms with Crippen LogP contribution in [0.1, 0.15) is 43.6 Å². The smallest absolute Gasteiger partial charge is 0.224 e. The van der Waals surface area contributed by atoms with E-state index in [1.807, 2.05) is 6.07 Å². The lowest BCUT2D eigenvalue weighted by atomic mass is 9.77. The van der Waals surface area contributed by atoms with Gasteiger partial charge in [-0.05, 0) is 61.3 Å². The van der Waals surface area contributed by atoms with Gasteiger partial charge in [0, 0.05) is 12.1 Å². The van der Waals surface area contributed by atoms with Gasteiger partial charge < -0.3 is 5.32 Å². The molecule has 24 heavy (non-hydrogen) atoms. The molecule has 0 saturated heterocycles. The van der Waals surface area contributed by atoms with Crippen molar-refractivity contribution in [2.75, 3.05) is 5.32 Å². The molecule has 0 unspecified atom stereocenters. The minimum absolute atomic E-state index is 0.0557. The van der Waals surface area contributed by atoms with Gasteiger partial charge in [-0.1, -0.05) is 41.9 Å². The van der Waals surface area contributed by atoms with Gasteiger partial charge >= 0.3 is 0 Å². The Kier molecular flexibility index (Phi) is 5.52. The van der Waals surface area contributed by atoms with Gasteiger partial charge in [-0.25, -0.2) is 4.39 Å². The molecule has 2 aromatic rings. The second-order valence-electron chi connectivity index (χ2n) is 6.51. The van der Waals surface area contributed by atoms with Crippen molar-refractivity contribution in [1.82, 2.24) is 0 Å². The normalized spacial score (nSPS) is 20.6. The number of carbonyl (C=O) groups is 1. The van der Waals surface area contributed by atoms with Crippen LogP contribution in [0.2, 0.25) is 5.02 Å². The molecule has 0 aliphatic heterocycles. The maximum atomic E-state index is 13.4. The third-order valence-electron chi connectivity index (χ3n) is 4.80. The van der Waals surface area contributed by atoms with E-state index in [2.05, 4.69) is 29.6 Å². The van der Waals surface area contributed by atoms with Gasteiger partial charge in [0.1, 0.15) is 5.82 Å². The van der Waals surface area contributed by atoms with Gasteiger partial charge in [-0.2, -0.15) is 0 Å². The van der Waals surface area contributed by atoms with Crippen LogP contribution in [-0.4, -0.2) is 5.91 Å². The molecule has 0 aromatic heterocycles. The average molecular weight is 346 g/mol. The Labute approximate surface area is 147 Å². The molecule has 1 fully saturated rings. The van der Waals surface area contributed by atoms with Crippen molar-refractivity contribution >= 4 is 23.2 Å². The van der Waals surface area contributed by atoms with Crippen LogP contribution in [0.4, 0.5) is 10.1 Å². The summed E-state index contributed by atoms with van der Waals surface area (Å²) >= 11 is 5.65. The minimum atomic E-state index is -0.516. The molecule has 0 bridgehead atoms. The second kappa shape index (κ2) is 7.80. The first-order valence-corrected chi connectivity index (χ1v) is 8.79. The summed E-state index contributed by atoms with van der Waals surface area (Å²) in [5.74, 6) is 0.440. The van der Waals surface area contributed by atoms with E-state index in [-0.39, 0.29) is 10.9 Å². The van der Waals surface area contributed by atoms with Crippen LogP contribution in [0.15, 0.2) is 48.5 Å². The first-order chi connectivity index (χ1) is 11.6. The lowest BCUT2D eigenvalue weighted by molar-refractivity contribution is -0.117. The van der Waals surface area contributed by atoms with Crippen LogP contribution in [0.5, 0.6) is 0 Å². The number of rotatable bonds is 4. The average Bonchev–Trinajstić information content (AvgIpc) is 2.59. The zero-order valence-corrected chi connectivity index (χ0v) is 14.2. The number of nitrogens with one attached hydrogen (secondary N) is 1. The molecule has 1 aliphatic rings. The molecule has 3 rings (SSSR count). The Hall–Kier alpha value is -1.87. The number of amides is 1. The molecule has 0 atom stereocenters. The second-order valence-corrected chi connectivity index (χ2v) is 6.92. The maximum Gasteiger partial charge on any atom is 0.224 e. The molecule has 1 N–H and O–H groups in total. The Morgan fingerprint density at radius 1 is 1.08 bits per heavy atom. The highest BCUT2D eigenvalue weighted by Crippen LogP contribution is 2.37. The van der Waals surface area contributed by atoms with E-state index in [1.165, 1.54) is 17.7 Å². The van der Waals surface area contributed by atoms with Crippen molar-refractivity contribution < 1.29 is 9.18 Å². The van der Waals surface area contributed by atoms with Crippen LogP contribution >= 0.6 is 11.6 Å². The monoisotopic (exact) mass is 345 g/mol. The molecule has 2 nitrogen and oxygen atoms in total. The van der Waals surface area contributed by atoms with Gasteiger partial charge in [-0.15, -0.1) is 0 Å². The number of anilines is 1. The maximum absolute atomic E-state index is 13.4. The third kappa shape index (κ3) is 4.35. The fraction of sp³-hybridized carbons (Fsp3) is 0.350. The Morgan fingerprint density at radius 3 is 2.46 bits per heavy atom. The molecule has 126 valence electrons. The summed E-state index contributed by atoms with van der Waals surface area (Å²) in [6.07, 6.45) is 4.85. The highest BCUT2D eigenvalue weighted by atomic mass is 35.5. The molecule has 4 heteroatoms. The highest BCUT2D eigenvalue weighted by molar-refractivity contribution is 6.30. The van der Waals surface area contributed by atoms with E-state index in [9.17, 15) is 9.18 Å². The summed E-state index contributed by atoms with van der Waals surface area (Å²) in [6, 6.07) is 14.9. The summed E-state index contributed by atoms with van der Waals surface area (Å²) < 4.78 is 13.4. The summed E-state index contributed by atoms with van der Waals surface area (Å²) in [6.45, 7) is 0. The highest BCUT2D eigenvalue weighted by Gasteiger charge is 2.24. The summed E-state index contributed by atoms with van der Waals surface area (Å²) in [5, 5.41) is 2.82. The number of hydrogen-bond donors (Lipinski definition) is 1. The van der Waals surface area contributed by atoms with Gasteiger partial charge in [0.15, 0.2) is 0 Å². The van der Waals surface area contributed by atoms with Crippen molar-refractivity contribution in [2.24, 2.45) is 5.92 Å². The van der Waals surface area contributed by atoms with E-state index in [0.29, 0.717) is 23.9 Å². The van der Waals surface area contributed by atoms with Crippen LogP contribution < -0.4 is 5.32 Å². The summed E-state index contributed by atoms with van der Waals surface area (Å²) in [5.41, 5.74) is 1.86.